The maximum atomic E-state index is 13.2. The average molecular weight is 374 g/mol. The summed E-state index contributed by atoms with van der Waals surface area (Å²) in [7, 11) is 1.52. The van der Waals surface area contributed by atoms with Crippen LogP contribution in [0.2, 0.25) is 0 Å². The van der Waals surface area contributed by atoms with Gasteiger partial charge < -0.3 is 9.64 Å². The highest BCUT2D eigenvalue weighted by Crippen LogP contribution is 2.19. The molecule has 142 valence electrons. The van der Waals surface area contributed by atoms with Crippen molar-refractivity contribution in [3.05, 3.63) is 75.1 Å². The van der Waals surface area contributed by atoms with Gasteiger partial charge in [0.25, 0.3) is 11.6 Å². The first-order valence-electron chi connectivity index (χ1n) is 8.14. The van der Waals surface area contributed by atoms with Gasteiger partial charge in [0.2, 0.25) is 0 Å². The SMILES string of the molecule is Cc1cc(C(=O)O[C@@H](C)C(=O)N(C)Cc2cccc(F)c2)ccc1[N+](=O)[O-]. The number of nitro groups is 1. The van der Waals surface area contributed by atoms with Crippen molar-refractivity contribution in [3.8, 4) is 0 Å². The number of carbonyl (C=O) groups excluding carboxylic acids is 2. The number of ether oxygens (including phenoxy) is 1. The van der Waals surface area contributed by atoms with Gasteiger partial charge in [-0.3, -0.25) is 14.9 Å². The molecule has 8 heteroatoms. The van der Waals surface area contributed by atoms with Crippen LogP contribution in [0.25, 0.3) is 0 Å². The fourth-order valence-electron chi connectivity index (χ4n) is 2.56. The second-order valence-electron chi connectivity index (χ2n) is 6.13. The Morgan fingerprint density at radius 1 is 1.26 bits per heavy atom. The third-order valence-corrected chi connectivity index (χ3v) is 3.95. The molecule has 1 atom stereocenters. The number of nitrogens with zero attached hydrogens (tertiary/aromatic N) is 2. The van der Waals surface area contributed by atoms with Crippen molar-refractivity contribution < 1.29 is 23.6 Å². The number of aryl methyl sites for hydroxylation is 1. The number of amides is 1. The van der Waals surface area contributed by atoms with Crippen molar-refractivity contribution in [2.45, 2.75) is 26.5 Å². The van der Waals surface area contributed by atoms with Crippen molar-refractivity contribution >= 4 is 17.6 Å². The number of halogens is 1. The van der Waals surface area contributed by atoms with Crippen LogP contribution in [0, 0.1) is 22.9 Å². The Bertz CT molecular complexity index is 884. The van der Waals surface area contributed by atoms with Crippen molar-refractivity contribution in [3.63, 3.8) is 0 Å². The molecule has 2 rings (SSSR count). The molecule has 0 saturated carbocycles. The molecule has 0 aliphatic carbocycles. The molecule has 0 unspecified atom stereocenters. The standard InChI is InChI=1S/C19H19FN2O5/c1-12-9-15(7-8-17(12)22(25)26)19(24)27-13(2)18(23)21(3)11-14-5-4-6-16(20)10-14/h4-10,13H,11H2,1-3H3/t13-/m0/s1. The van der Waals surface area contributed by atoms with E-state index in [0.29, 0.717) is 11.1 Å². The monoisotopic (exact) mass is 374 g/mol. The largest absolute Gasteiger partial charge is 0.449 e. The van der Waals surface area contributed by atoms with Gasteiger partial charge in [-0.2, -0.15) is 0 Å². The van der Waals surface area contributed by atoms with E-state index < -0.39 is 28.7 Å². The van der Waals surface area contributed by atoms with Gasteiger partial charge in [-0.1, -0.05) is 12.1 Å². The van der Waals surface area contributed by atoms with Crippen LogP contribution in [0.3, 0.4) is 0 Å². The van der Waals surface area contributed by atoms with Crippen LogP contribution < -0.4 is 0 Å². The van der Waals surface area contributed by atoms with E-state index in [1.54, 1.807) is 12.1 Å². The van der Waals surface area contributed by atoms with Gasteiger partial charge in [-0.25, -0.2) is 9.18 Å². The van der Waals surface area contributed by atoms with Crippen LogP contribution in [-0.4, -0.2) is 34.9 Å². The van der Waals surface area contributed by atoms with E-state index in [9.17, 15) is 24.1 Å². The van der Waals surface area contributed by atoms with E-state index >= 15 is 0 Å². The molecule has 2 aromatic rings. The maximum Gasteiger partial charge on any atom is 0.338 e. The lowest BCUT2D eigenvalue weighted by atomic mass is 10.1. The van der Waals surface area contributed by atoms with Crippen LogP contribution in [0.5, 0.6) is 0 Å². The van der Waals surface area contributed by atoms with E-state index in [1.807, 2.05) is 0 Å². The Morgan fingerprint density at radius 2 is 1.96 bits per heavy atom. The zero-order chi connectivity index (χ0) is 20.1. The summed E-state index contributed by atoms with van der Waals surface area (Å²) in [6, 6.07) is 9.69. The van der Waals surface area contributed by atoms with Gasteiger partial charge in [0.15, 0.2) is 6.10 Å². The molecule has 1 amide bonds. The molecule has 0 radical (unpaired) electrons. The van der Waals surface area contributed by atoms with E-state index in [0.717, 1.165) is 0 Å². The first-order valence-corrected chi connectivity index (χ1v) is 8.14. The third-order valence-electron chi connectivity index (χ3n) is 3.95. The fourth-order valence-corrected chi connectivity index (χ4v) is 2.56. The molecule has 0 fully saturated rings. The normalized spacial score (nSPS) is 11.6. The fraction of sp³-hybridized carbons (Fsp3) is 0.263. The second-order valence-corrected chi connectivity index (χ2v) is 6.13. The molecule has 2 aromatic carbocycles. The maximum absolute atomic E-state index is 13.2. The van der Waals surface area contributed by atoms with Crippen LogP contribution >= 0.6 is 0 Å². The van der Waals surface area contributed by atoms with E-state index in [4.69, 9.17) is 4.74 Å². The highest BCUT2D eigenvalue weighted by atomic mass is 19.1. The van der Waals surface area contributed by atoms with Crippen molar-refractivity contribution in [1.29, 1.82) is 0 Å². The van der Waals surface area contributed by atoms with Gasteiger partial charge in [-0.15, -0.1) is 0 Å². The second kappa shape index (κ2) is 8.39. The minimum atomic E-state index is -1.06. The highest BCUT2D eigenvalue weighted by molar-refractivity contribution is 5.92. The number of likely N-dealkylation sites (N-methyl/N-ethyl adjacent to an activating group) is 1. The van der Waals surface area contributed by atoms with Crippen LogP contribution in [0.15, 0.2) is 42.5 Å². The van der Waals surface area contributed by atoms with Gasteiger partial charge >= 0.3 is 5.97 Å². The van der Waals surface area contributed by atoms with E-state index in [2.05, 4.69) is 0 Å². The predicted molar refractivity (Wildman–Crippen MR) is 95.6 cm³/mol. The average Bonchev–Trinajstić information content (AvgIpc) is 2.60. The first kappa shape index (κ1) is 20.0. The lowest BCUT2D eigenvalue weighted by molar-refractivity contribution is -0.385. The number of carbonyl (C=O) groups is 2. The van der Waals surface area contributed by atoms with Crippen LogP contribution in [-0.2, 0) is 16.1 Å². The summed E-state index contributed by atoms with van der Waals surface area (Å²) < 4.78 is 18.4. The van der Waals surface area contributed by atoms with Gasteiger partial charge in [-0.05, 0) is 43.7 Å². The number of hydrogen-bond donors (Lipinski definition) is 0. The summed E-state index contributed by atoms with van der Waals surface area (Å²) in [6.45, 7) is 3.10. The first-order chi connectivity index (χ1) is 12.7. The number of hydrogen-bond acceptors (Lipinski definition) is 5. The molecule has 0 heterocycles. The molecule has 0 saturated heterocycles. The molecule has 0 aromatic heterocycles. The molecular weight excluding hydrogens is 355 g/mol. The smallest absolute Gasteiger partial charge is 0.338 e. The molecule has 0 spiro atoms. The third kappa shape index (κ3) is 5.10. The molecule has 0 aliphatic heterocycles. The topological polar surface area (TPSA) is 89.8 Å². The number of nitro benzene ring substituents is 1. The lowest BCUT2D eigenvalue weighted by Gasteiger charge is -2.21. The highest BCUT2D eigenvalue weighted by Gasteiger charge is 2.23. The molecule has 7 nitrogen and oxygen atoms in total. The minimum absolute atomic E-state index is 0.106. The Balaban J connectivity index is 2.01. The minimum Gasteiger partial charge on any atom is -0.449 e. The molecular formula is C19H19FN2O5. The summed E-state index contributed by atoms with van der Waals surface area (Å²) in [4.78, 5) is 36.2. The summed E-state index contributed by atoms with van der Waals surface area (Å²) >= 11 is 0. The summed E-state index contributed by atoms with van der Waals surface area (Å²) in [5.41, 5.74) is 0.933. The molecule has 27 heavy (non-hydrogen) atoms. The zero-order valence-corrected chi connectivity index (χ0v) is 15.1. The lowest BCUT2D eigenvalue weighted by Crippen LogP contribution is -2.37. The molecule has 0 aliphatic rings. The predicted octanol–water partition coefficient (Wildman–Crippen LogP) is 3.25. The van der Waals surface area contributed by atoms with E-state index in [-0.39, 0.29) is 17.8 Å². The van der Waals surface area contributed by atoms with Crippen molar-refractivity contribution in [2.24, 2.45) is 0 Å². The summed E-state index contributed by atoms with van der Waals surface area (Å²) in [5.74, 6) is -1.61. The van der Waals surface area contributed by atoms with Crippen LogP contribution in [0.4, 0.5) is 10.1 Å². The van der Waals surface area contributed by atoms with Crippen LogP contribution in [0.1, 0.15) is 28.4 Å². The number of benzene rings is 2. The molecule has 0 bridgehead atoms. The van der Waals surface area contributed by atoms with Crippen molar-refractivity contribution in [2.75, 3.05) is 7.05 Å². The van der Waals surface area contributed by atoms with Gasteiger partial charge in [0.1, 0.15) is 5.82 Å². The Labute approximate surface area is 155 Å². The van der Waals surface area contributed by atoms with Crippen molar-refractivity contribution in [1.82, 2.24) is 4.90 Å². The van der Waals surface area contributed by atoms with Gasteiger partial charge in [0.05, 0.1) is 10.5 Å². The number of rotatable bonds is 6. The molecule has 0 N–H and O–H groups in total. The summed E-state index contributed by atoms with van der Waals surface area (Å²) in [6.07, 6.45) is -1.06. The zero-order valence-electron chi connectivity index (χ0n) is 15.1. The Kier molecular flexibility index (Phi) is 6.23. The number of esters is 1. The van der Waals surface area contributed by atoms with E-state index in [1.165, 1.54) is 56.1 Å². The Morgan fingerprint density at radius 3 is 2.56 bits per heavy atom. The van der Waals surface area contributed by atoms with Gasteiger partial charge in [0, 0.05) is 25.2 Å². The Hall–Kier alpha value is -3.29. The quantitative estimate of drug-likeness (QED) is 0.440. The summed E-state index contributed by atoms with van der Waals surface area (Å²) in [5, 5.41) is 10.8.